The van der Waals surface area contributed by atoms with E-state index in [-0.39, 0.29) is 5.91 Å². The molecule has 2 fully saturated rings. The van der Waals surface area contributed by atoms with Crippen molar-refractivity contribution in [1.82, 2.24) is 29.7 Å². The topological polar surface area (TPSA) is 66.3 Å². The van der Waals surface area contributed by atoms with Crippen molar-refractivity contribution in [2.24, 2.45) is 0 Å². The summed E-state index contributed by atoms with van der Waals surface area (Å²) in [4.78, 5) is 26.5. The monoisotopic (exact) mass is 430 g/mol. The van der Waals surface area contributed by atoms with Crippen molar-refractivity contribution in [1.29, 1.82) is 0 Å². The van der Waals surface area contributed by atoms with Crippen LogP contribution in [0.5, 0.6) is 0 Å². The predicted octanol–water partition coefficient (Wildman–Crippen LogP) is 2.53. The number of likely N-dealkylation sites (N-methyl/N-ethyl adjacent to an activating group) is 1. The van der Waals surface area contributed by atoms with Crippen molar-refractivity contribution in [3.63, 3.8) is 0 Å². The molecular weight excluding hydrogens is 396 g/mol. The third-order valence-electron chi connectivity index (χ3n) is 6.27. The number of pyridine rings is 1. The SMILES string of the molecule is CN1CCN(CCNC(=O)CSCc2nc3cccnc3n2C2CCCCC2)CC1. The van der Waals surface area contributed by atoms with Crippen molar-refractivity contribution >= 4 is 28.8 Å². The van der Waals surface area contributed by atoms with Crippen LogP contribution in [-0.4, -0.2) is 82.3 Å². The van der Waals surface area contributed by atoms with Crippen LogP contribution < -0.4 is 5.32 Å². The van der Waals surface area contributed by atoms with Gasteiger partial charge in [0.25, 0.3) is 0 Å². The Morgan fingerprint density at radius 1 is 1.20 bits per heavy atom. The summed E-state index contributed by atoms with van der Waals surface area (Å²) in [6.07, 6.45) is 8.14. The number of thioether (sulfide) groups is 1. The molecule has 2 aliphatic rings. The Morgan fingerprint density at radius 2 is 2.00 bits per heavy atom. The van der Waals surface area contributed by atoms with Crippen molar-refractivity contribution in [2.45, 2.75) is 43.9 Å². The molecule has 0 aromatic carbocycles. The Morgan fingerprint density at radius 3 is 2.80 bits per heavy atom. The molecule has 7 nitrogen and oxygen atoms in total. The summed E-state index contributed by atoms with van der Waals surface area (Å²) in [5, 5.41) is 3.08. The molecule has 1 amide bonds. The van der Waals surface area contributed by atoms with Crippen molar-refractivity contribution in [3.8, 4) is 0 Å². The molecule has 4 rings (SSSR count). The molecule has 3 heterocycles. The fraction of sp³-hybridized carbons (Fsp3) is 0.682. The third-order valence-corrected chi connectivity index (χ3v) is 7.20. The van der Waals surface area contributed by atoms with Crippen LogP contribution in [0.3, 0.4) is 0 Å². The van der Waals surface area contributed by atoms with E-state index in [2.05, 4.69) is 31.7 Å². The number of nitrogens with one attached hydrogen (secondary N) is 1. The molecule has 164 valence electrons. The first-order valence-electron chi connectivity index (χ1n) is 11.3. The first-order chi connectivity index (χ1) is 14.7. The maximum Gasteiger partial charge on any atom is 0.230 e. The van der Waals surface area contributed by atoms with Gasteiger partial charge in [0.1, 0.15) is 11.3 Å². The first-order valence-corrected chi connectivity index (χ1v) is 12.4. The van der Waals surface area contributed by atoms with E-state index in [9.17, 15) is 4.79 Å². The number of rotatable bonds is 8. The lowest BCUT2D eigenvalue weighted by atomic mass is 9.95. The summed E-state index contributed by atoms with van der Waals surface area (Å²) in [6.45, 7) is 6.07. The molecule has 1 saturated heterocycles. The van der Waals surface area contributed by atoms with Gasteiger partial charge in [0.05, 0.1) is 11.5 Å². The van der Waals surface area contributed by atoms with E-state index in [1.165, 1.54) is 32.1 Å². The lowest BCUT2D eigenvalue weighted by Crippen LogP contribution is -2.47. The van der Waals surface area contributed by atoms with Gasteiger partial charge in [0.15, 0.2) is 5.65 Å². The fourth-order valence-corrected chi connectivity index (χ4v) is 5.29. The summed E-state index contributed by atoms with van der Waals surface area (Å²) >= 11 is 1.65. The number of carbonyl (C=O) groups excluding carboxylic acids is 1. The fourth-order valence-electron chi connectivity index (χ4n) is 4.51. The minimum absolute atomic E-state index is 0.118. The lowest BCUT2D eigenvalue weighted by molar-refractivity contribution is -0.118. The number of fused-ring (bicyclic) bond motifs is 1. The van der Waals surface area contributed by atoms with Crippen LogP contribution in [0.15, 0.2) is 18.3 Å². The smallest absolute Gasteiger partial charge is 0.230 e. The van der Waals surface area contributed by atoms with E-state index in [1.54, 1.807) is 11.8 Å². The Kier molecular flexibility index (Phi) is 7.62. The number of aromatic nitrogens is 3. The molecule has 1 saturated carbocycles. The van der Waals surface area contributed by atoms with Gasteiger partial charge in [0, 0.05) is 51.5 Å². The van der Waals surface area contributed by atoms with Crippen LogP contribution in [0, 0.1) is 0 Å². The zero-order chi connectivity index (χ0) is 20.8. The molecule has 2 aromatic rings. The van der Waals surface area contributed by atoms with Gasteiger partial charge in [-0.25, -0.2) is 9.97 Å². The molecule has 0 spiro atoms. The van der Waals surface area contributed by atoms with Crippen LogP contribution >= 0.6 is 11.8 Å². The molecule has 8 heteroatoms. The zero-order valence-corrected chi connectivity index (χ0v) is 18.9. The Balaban J connectivity index is 1.27. The third kappa shape index (κ3) is 5.53. The normalized spacial score (nSPS) is 19.4. The molecule has 1 N–H and O–H groups in total. The Labute approximate surface area is 183 Å². The predicted molar refractivity (Wildman–Crippen MR) is 123 cm³/mol. The highest BCUT2D eigenvalue weighted by atomic mass is 32.2. The summed E-state index contributed by atoms with van der Waals surface area (Å²) in [7, 11) is 2.16. The highest BCUT2D eigenvalue weighted by Crippen LogP contribution is 2.32. The van der Waals surface area contributed by atoms with Crippen LogP contribution in [0.25, 0.3) is 11.2 Å². The van der Waals surface area contributed by atoms with Gasteiger partial charge < -0.3 is 14.8 Å². The van der Waals surface area contributed by atoms with E-state index >= 15 is 0 Å². The van der Waals surface area contributed by atoms with Crippen LogP contribution in [-0.2, 0) is 10.5 Å². The quantitative estimate of drug-likeness (QED) is 0.694. The number of imidazole rings is 1. The highest BCUT2D eigenvalue weighted by Gasteiger charge is 2.22. The maximum atomic E-state index is 12.3. The van der Waals surface area contributed by atoms with Gasteiger partial charge in [0.2, 0.25) is 5.91 Å². The van der Waals surface area contributed by atoms with E-state index in [0.717, 1.165) is 62.0 Å². The molecule has 30 heavy (non-hydrogen) atoms. The molecule has 1 aliphatic carbocycles. The van der Waals surface area contributed by atoms with Crippen molar-refractivity contribution in [2.75, 3.05) is 52.1 Å². The highest BCUT2D eigenvalue weighted by molar-refractivity contribution is 7.99. The van der Waals surface area contributed by atoms with Gasteiger partial charge in [-0.05, 0) is 32.0 Å². The molecule has 2 aromatic heterocycles. The average Bonchev–Trinajstić information content (AvgIpc) is 3.14. The maximum absolute atomic E-state index is 12.3. The van der Waals surface area contributed by atoms with Crippen molar-refractivity contribution in [3.05, 3.63) is 24.2 Å². The number of carbonyl (C=O) groups is 1. The second-order valence-electron chi connectivity index (χ2n) is 8.52. The first kappa shape index (κ1) is 21.6. The van der Waals surface area contributed by atoms with E-state index < -0.39 is 0 Å². The molecule has 0 bridgehead atoms. The number of hydrogen-bond acceptors (Lipinski definition) is 6. The summed E-state index contributed by atoms with van der Waals surface area (Å²) in [5.74, 6) is 2.40. The number of nitrogens with zero attached hydrogens (tertiary/aromatic N) is 5. The summed E-state index contributed by atoms with van der Waals surface area (Å²) < 4.78 is 2.35. The largest absolute Gasteiger partial charge is 0.354 e. The molecule has 0 radical (unpaired) electrons. The average molecular weight is 431 g/mol. The van der Waals surface area contributed by atoms with Gasteiger partial charge in [-0.15, -0.1) is 11.8 Å². The minimum Gasteiger partial charge on any atom is -0.354 e. The van der Waals surface area contributed by atoms with Crippen LogP contribution in [0.4, 0.5) is 0 Å². The summed E-state index contributed by atoms with van der Waals surface area (Å²) in [5.41, 5.74) is 1.96. The molecule has 0 atom stereocenters. The zero-order valence-electron chi connectivity index (χ0n) is 18.1. The van der Waals surface area contributed by atoms with E-state index in [1.807, 2.05) is 18.3 Å². The summed E-state index contributed by atoms with van der Waals surface area (Å²) in [6, 6.07) is 4.48. The molecular formula is C22H34N6OS. The molecule has 0 unspecified atom stereocenters. The number of amides is 1. The van der Waals surface area contributed by atoms with Gasteiger partial charge in [-0.2, -0.15) is 0 Å². The second-order valence-corrected chi connectivity index (χ2v) is 9.51. The Bertz CT molecular complexity index is 826. The van der Waals surface area contributed by atoms with Crippen LogP contribution in [0.1, 0.15) is 44.0 Å². The van der Waals surface area contributed by atoms with Gasteiger partial charge in [-0.1, -0.05) is 19.3 Å². The van der Waals surface area contributed by atoms with Crippen LogP contribution in [0.2, 0.25) is 0 Å². The minimum atomic E-state index is 0.118. The van der Waals surface area contributed by atoms with E-state index in [4.69, 9.17) is 4.98 Å². The molecule has 1 aliphatic heterocycles. The van der Waals surface area contributed by atoms with E-state index in [0.29, 0.717) is 11.8 Å². The van der Waals surface area contributed by atoms with Crippen molar-refractivity contribution < 1.29 is 4.79 Å². The number of piperazine rings is 1. The Hall–Kier alpha value is -1.64. The van der Waals surface area contributed by atoms with Gasteiger partial charge in [-0.3, -0.25) is 9.69 Å². The standard InChI is InChI=1S/C22H34N6OS/c1-26-12-14-27(15-13-26)11-10-23-21(29)17-30-16-20-25-19-8-5-9-24-22(19)28(20)18-6-3-2-4-7-18/h5,8-9,18H,2-4,6-7,10-17H2,1H3,(H,23,29). The number of hydrogen-bond donors (Lipinski definition) is 1. The second kappa shape index (κ2) is 10.6. The lowest BCUT2D eigenvalue weighted by Gasteiger charge is -2.32. The van der Waals surface area contributed by atoms with Gasteiger partial charge >= 0.3 is 0 Å².